The molecule has 128 valence electrons. The van der Waals surface area contributed by atoms with E-state index < -0.39 is 37.5 Å². The number of sulfonamides is 1. The van der Waals surface area contributed by atoms with E-state index in [0.29, 0.717) is 4.90 Å². The van der Waals surface area contributed by atoms with Gasteiger partial charge in [-0.05, 0) is 24.3 Å². The fraction of sp³-hybridized carbons (Fsp3) is 0. The van der Waals surface area contributed by atoms with Crippen LogP contribution in [0.5, 0.6) is 5.75 Å². The molecule has 0 aromatic heterocycles. The van der Waals surface area contributed by atoms with Crippen LogP contribution in [0, 0.1) is 5.82 Å². The molecule has 24 heavy (non-hydrogen) atoms. The van der Waals surface area contributed by atoms with E-state index in [1.54, 1.807) is 0 Å². The largest absolute Gasteiger partial charge is 0.504 e. The van der Waals surface area contributed by atoms with Gasteiger partial charge in [-0.1, -0.05) is 29.3 Å². The number of benzene rings is 2. The van der Waals surface area contributed by atoms with Crippen LogP contribution >= 0.6 is 23.2 Å². The summed E-state index contributed by atoms with van der Waals surface area (Å²) >= 11 is 11.6. The average molecular weight is 394 g/mol. The van der Waals surface area contributed by atoms with Gasteiger partial charge in [-0.2, -0.15) is 0 Å². The summed E-state index contributed by atoms with van der Waals surface area (Å²) in [4.78, 5) is 11.6. The van der Waals surface area contributed by atoms with Crippen LogP contribution in [0.25, 0.3) is 0 Å². The number of aromatic hydroxyl groups is 1. The lowest BCUT2D eigenvalue weighted by Gasteiger charge is -2.23. The average Bonchev–Trinajstić information content (AvgIpc) is 2.44. The third-order valence-electron chi connectivity index (χ3n) is 2.98. The van der Waals surface area contributed by atoms with Crippen molar-refractivity contribution in [3.8, 4) is 5.75 Å². The maximum atomic E-state index is 13.6. The van der Waals surface area contributed by atoms with Gasteiger partial charge in [-0.25, -0.2) is 22.7 Å². The minimum absolute atomic E-state index is 0.206. The quantitative estimate of drug-likeness (QED) is 0.740. The monoisotopic (exact) mass is 393 g/mol. The fourth-order valence-corrected chi connectivity index (χ4v) is 3.42. The molecule has 0 atom stereocenters. The highest BCUT2D eigenvalue weighted by atomic mass is 35.5. The Kier molecular flexibility index (Phi) is 4.90. The number of halogens is 3. The first-order chi connectivity index (χ1) is 11.1. The van der Waals surface area contributed by atoms with Crippen molar-refractivity contribution < 1.29 is 22.7 Å². The molecule has 0 radical (unpaired) electrons. The van der Waals surface area contributed by atoms with Gasteiger partial charge in [0.05, 0.1) is 16.4 Å². The van der Waals surface area contributed by atoms with Crippen LogP contribution in [0.15, 0.2) is 35.2 Å². The first-order valence-electron chi connectivity index (χ1n) is 6.13. The van der Waals surface area contributed by atoms with Crippen LogP contribution in [0.2, 0.25) is 10.0 Å². The second-order valence-electron chi connectivity index (χ2n) is 4.54. The van der Waals surface area contributed by atoms with E-state index in [9.17, 15) is 22.7 Å². The summed E-state index contributed by atoms with van der Waals surface area (Å²) in [6.07, 6.45) is 0. The topological polar surface area (TPSA) is 127 Å². The van der Waals surface area contributed by atoms with Gasteiger partial charge in [-0.15, -0.1) is 0 Å². The van der Waals surface area contributed by atoms with Crippen molar-refractivity contribution in [1.82, 2.24) is 0 Å². The van der Waals surface area contributed by atoms with Gasteiger partial charge in [0.25, 0.3) is 0 Å². The number of amides is 2. The van der Waals surface area contributed by atoms with Crippen LogP contribution in [-0.4, -0.2) is 19.6 Å². The second-order valence-corrected chi connectivity index (χ2v) is 6.82. The Morgan fingerprint density at radius 3 is 2.33 bits per heavy atom. The number of carbonyl (C=O) groups is 1. The summed E-state index contributed by atoms with van der Waals surface area (Å²) in [7, 11) is -4.41. The van der Waals surface area contributed by atoms with E-state index in [0.717, 1.165) is 18.2 Å². The third kappa shape index (κ3) is 3.24. The molecule has 0 saturated heterocycles. The molecular weight excluding hydrogens is 384 g/mol. The number of rotatable bonds is 3. The highest BCUT2D eigenvalue weighted by Gasteiger charge is 2.28. The number of phenols is 1. The Morgan fingerprint density at radius 1 is 1.17 bits per heavy atom. The van der Waals surface area contributed by atoms with Crippen LogP contribution < -0.4 is 15.8 Å². The van der Waals surface area contributed by atoms with Crippen LogP contribution in [-0.2, 0) is 10.0 Å². The molecule has 0 spiro atoms. The van der Waals surface area contributed by atoms with Gasteiger partial charge >= 0.3 is 6.03 Å². The Labute approximate surface area is 146 Å². The number of anilines is 2. The lowest BCUT2D eigenvalue weighted by Crippen LogP contribution is -2.32. The summed E-state index contributed by atoms with van der Waals surface area (Å²) < 4.78 is 36.8. The molecule has 0 heterocycles. The van der Waals surface area contributed by atoms with Crippen LogP contribution in [0.1, 0.15) is 0 Å². The van der Waals surface area contributed by atoms with Gasteiger partial charge in [0.1, 0.15) is 15.7 Å². The SMILES string of the molecule is NC(=O)N(c1ccc(Cl)c(S(N)(=O)=O)c1O)c1cccc(F)c1Cl. The number of primary amides is 1. The van der Waals surface area contributed by atoms with Crippen molar-refractivity contribution in [2.24, 2.45) is 10.9 Å². The molecule has 0 bridgehead atoms. The number of phenolic OH excluding ortho intramolecular Hbond substituents is 1. The predicted molar refractivity (Wildman–Crippen MR) is 87.6 cm³/mol. The molecular formula is C13H10Cl2FN3O4S. The summed E-state index contributed by atoms with van der Waals surface area (Å²) in [6.45, 7) is 0. The standard InChI is InChI=1S/C13H10Cl2FN3O4S/c14-6-4-5-9(11(20)12(6)24(18,22)23)19(13(17)21)8-3-1-2-7(16)10(8)15/h1-5,20H,(H2,17,21)(H2,18,22,23). The molecule has 2 aromatic rings. The van der Waals surface area contributed by atoms with Crippen molar-refractivity contribution in [2.75, 3.05) is 4.90 Å². The number of nitrogens with zero attached hydrogens (tertiary/aromatic N) is 1. The number of primary sulfonamides is 1. The van der Waals surface area contributed by atoms with Crippen molar-refractivity contribution in [1.29, 1.82) is 0 Å². The van der Waals surface area contributed by atoms with Gasteiger partial charge in [0.2, 0.25) is 10.0 Å². The third-order valence-corrected chi connectivity index (χ3v) is 4.76. The Hall–Kier alpha value is -2.07. The van der Waals surface area contributed by atoms with Gasteiger partial charge in [0.15, 0.2) is 5.75 Å². The van der Waals surface area contributed by atoms with Crippen molar-refractivity contribution in [3.05, 3.63) is 46.2 Å². The zero-order chi connectivity index (χ0) is 18.2. The van der Waals surface area contributed by atoms with Crippen LogP contribution in [0.3, 0.4) is 0 Å². The maximum absolute atomic E-state index is 13.6. The van der Waals surface area contributed by atoms with E-state index >= 15 is 0 Å². The smallest absolute Gasteiger partial charge is 0.324 e. The lowest BCUT2D eigenvalue weighted by molar-refractivity contribution is 0.256. The molecule has 7 nitrogen and oxygen atoms in total. The predicted octanol–water partition coefficient (Wildman–Crippen LogP) is 2.70. The minimum Gasteiger partial charge on any atom is -0.504 e. The second kappa shape index (κ2) is 6.44. The van der Waals surface area contributed by atoms with Gasteiger partial charge in [-0.3, -0.25) is 4.90 Å². The van der Waals surface area contributed by atoms with E-state index in [1.807, 2.05) is 0 Å². The van der Waals surface area contributed by atoms with Crippen molar-refractivity contribution >= 4 is 50.6 Å². The lowest BCUT2D eigenvalue weighted by atomic mass is 10.2. The number of urea groups is 1. The number of nitrogens with two attached hydrogens (primary N) is 2. The summed E-state index contributed by atoms with van der Waals surface area (Å²) in [5.41, 5.74) is 4.67. The first-order valence-corrected chi connectivity index (χ1v) is 8.43. The normalized spacial score (nSPS) is 11.3. The zero-order valence-electron chi connectivity index (χ0n) is 11.7. The Bertz CT molecular complexity index is 937. The summed E-state index contributed by atoms with van der Waals surface area (Å²) in [6, 6.07) is 4.58. The number of hydrogen-bond donors (Lipinski definition) is 3. The fourth-order valence-electron chi connectivity index (χ4n) is 2.02. The summed E-state index contributed by atoms with van der Waals surface area (Å²) in [5, 5.41) is 14.4. The highest BCUT2D eigenvalue weighted by molar-refractivity contribution is 7.89. The van der Waals surface area contributed by atoms with Crippen molar-refractivity contribution in [3.63, 3.8) is 0 Å². The maximum Gasteiger partial charge on any atom is 0.324 e. The zero-order valence-corrected chi connectivity index (χ0v) is 14.0. The minimum atomic E-state index is -4.41. The number of carbonyl (C=O) groups excluding carboxylic acids is 1. The molecule has 2 amide bonds. The molecule has 0 aliphatic heterocycles. The van der Waals surface area contributed by atoms with Gasteiger partial charge in [0, 0.05) is 0 Å². The van der Waals surface area contributed by atoms with Gasteiger partial charge < -0.3 is 10.8 Å². The highest BCUT2D eigenvalue weighted by Crippen LogP contribution is 2.42. The summed E-state index contributed by atoms with van der Waals surface area (Å²) in [5.74, 6) is -1.77. The van der Waals surface area contributed by atoms with E-state index in [2.05, 4.69) is 0 Å². The Balaban J connectivity index is 2.80. The van der Waals surface area contributed by atoms with Crippen molar-refractivity contribution in [2.45, 2.75) is 4.90 Å². The Morgan fingerprint density at radius 2 is 1.79 bits per heavy atom. The molecule has 0 aliphatic rings. The molecule has 0 unspecified atom stereocenters. The molecule has 11 heteroatoms. The first kappa shape index (κ1) is 18.3. The van der Waals surface area contributed by atoms with E-state index in [1.165, 1.54) is 12.1 Å². The molecule has 2 aromatic carbocycles. The molecule has 5 N–H and O–H groups in total. The van der Waals surface area contributed by atoms with E-state index in [-0.39, 0.29) is 16.4 Å². The number of hydrogen-bond acceptors (Lipinski definition) is 4. The molecule has 0 saturated carbocycles. The molecule has 0 fully saturated rings. The molecule has 2 rings (SSSR count). The van der Waals surface area contributed by atoms with E-state index in [4.69, 9.17) is 34.1 Å². The van der Waals surface area contributed by atoms with Crippen LogP contribution in [0.4, 0.5) is 20.6 Å². The molecule has 0 aliphatic carbocycles.